The van der Waals surface area contributed by atoms with Gasteiger partial charge in [-0.05, 0) is 81.3 Å². The molecule has 0 saturated carbocycles. The van der Waals surface area contributed by atoms with Crippen molar-refractivity contribution in [2.75, 3.05) is 0 Å². The molecule has 60 heavy (non-hydrogen) atoms. The first-order chi connectivity index (χ1) is 29.4. The van der Waals surface area contributed by atoms with E-state index in [0.29, 0.717) is 17.6 Å². The van der Waals surface area contributed by atoms with Gasteiger partial charge >= 0.3 is 0 Å². The molecule has 12 rings (SSSR count). The van der Waals surface area contributed by atoms with Gasteiger partial charge in [0.25, 0.3) is 0 Å². The van der Waals surface area contributed by atoms with E-state index >= 15 is 0 Å². The Kier molecular flexibility index (Phi) is 7.55. The summed E-state index contributed by atoms with van der Waals surface area (Å²) in [5.41, 5.74) is 16.6. The molecule has 0 fully saturated rings. The van der Waals surface area contributed by atoms with E-state index in [2.05, 4.69) is 177 Å². The van der Waals surface area contributed by atoms with E-state index < -0.39 is 0 Å². The van der Waals surface area contributed by atoms with Crippen LogP contribution in [0.15, 0.2) is 168 Å². The molecule has 0 radical (unpaired) electrons. The minimum atomic E-state index is -0.250. The number of furan rings is 1. The van der Waals surface area contributed by atoms with Crippen molar-refractivity contribution in [2.24, 2.45) is 0 Å². The first kappa shape index (κ1) is 34.7. The number of allylic oxidation sites excluding steroid dienone is 1. The fraction of sp³-hybridized carbons (Fsp3) is 0.109. The van der Waals surface area contributed by atoms with Crippen molar-refractivity contribution < 1.29 is 4.42 Å². The summed E-state index contributed by atoms with van der Waals surface area (Å²) in [7, 11) is 0. The first-order valence-electron chi connectivity index (χ1n) is 20.8. The number of aromatic nitrogens is 4. The molecule has 0 spiro atoms. The van der Waals surface area contributed by atoms with Crippen LogP contribution in [0.5, 0.6) is 0 Å². The number of nitrogens with zero attached hydrogens (tertiary/aromatic N) is 4. The van der Waals surface area contributed by atoms with Crippen molar-refractivity contribution in [2.45, 2.75) is 38.5 Å². The topological polar surface area (TPSA) is 56.7 Å². The normalized spacial score (nSPS) is 15.1. The summed E-state index contributed by atoms with van der Waals surface area (Å²) in [5, 5.41) is 3.32. The molecule has 3 heterocycles. The zero-order valence-electron chi connectivity index (χ0n) is 33.6. The van der Waals surface area contributed by atoms with E-state index in [1.165, 1.54) is 50.0 Å². The summed E-state index contributed by atoms with van der Waals surface area (Å²) >= 11 is 0. The van der Waals surface area contributed by atoms with Crippen LogP contribution in [-0.2, 0) is 5.41 Å². The Bertz CT molecular complexity index is 3400. The molecule has 10 aromatic rings. The Balaban J connectivity index is 1.15. The number of rotatable bonds is 5. The third kappa shape index (κ3) is 5.15. The molecule has 2 aliphatic carbocycles. The van der Waals surface area contributed by atoms with Crippen molar-refractivity contribution >= 4 is 38.9 Å². The molecule has 2 aliphatic rings. The molecule has 1 unspecified atom stereocenters. The number of hydrogen-bond acceptors (Lipinski definition) is 4. The van der Waals surface area contributed by atoms with Crippen LogP contribution in [-0.4, -0.2) is 19.5 Å². The molecule has 286 valence electrons. The molecule has 0 saturated heterocycles. The van der Waals surface area contributed by atoms with Gasteiger partial charge in [-0.25, -0.2) is 4.98 Å². The van der Waals surface area contributed by atoms with Crippen molar-refractivity contribution in [3.63, 3.8) is 0 Å². The lowest BCUT2D eigenvalue weighted by molar-refractivity contribution is 0.659. The van der Waals surface area contributed by atoms with Gasteiger partial charge in [0.1, 0.15) is 11.2 Å². The molecule has 3 aromatic heterocycles. The Labute approximate surface area is 348 Å². The second-order valence-corrected chi connectivity index (χ2v) is 16.8. The number of benzene rings is 7. The van der Waals surface area contributed by atoms with E-state index in [4.69, 9.17) is 19.4 Å². The Morgan fingerprint density at radius 3 is 2.15 bits per heavy atom. The highest BCUT2D eigenvalue weighted by atomic mass is 16.3. The van der Waals surface area contributed by atoms with Crippen LogP contribution in [0.25, 0.3) is 101 Å². The molecule has 0 bridgehead atoms. The second kappa shape index (κ2) is 13.1. The van der Waals surface area contributed by atoms with Crippen molar-refractivity contribution in [1.29, 1.82) is 0 Å². The van der Waals surface area contributed by atoms with E-state index in [1.54, 1.807) is 0 Å². The molecule has 5 heteroatoms. The zero-order chi connectivity index (χ0) is 40.1. The van der Waals surface area contributed by atoms with Crippen LogP contribution in [0.1, 0.15) is 55.5 Å². The molecule has 0 amide bonds. The van der Waals surface area contributed by atoms with E-state index in [0.717, 1.165) is 56.2 Å². The van der Waals surface area contributed by atoms with Crippen LogP contribution in [0.2, 0.25) is 0 Å². The lowest BCUT2D eigenvalue weighted by Gasteiger charge is -2.24. The van der Waals surface area contributed by atoms with Crippen LogP contribution >= 0.6 is 0 Å². The fourth-order valence-electron chi connectivity index (χ4n) is 10.1. The van der Waals surface area contributed by atoms with Crippen molar-refractivity contribution in [1.82, 2.24) is 19.5 Å². The lowest BCUT2D eigenvalue weighted by Crippen LogP contribution is -2.18. The highest BCUT2D eigenvalue weighted by Crippen LogP contribution is 2.53. The van der Waals surface area contributed by atoms with Gasteiger partial charge in [-0.2, -0.15) is 9.97 Å². The van der Waals surface area contributed by atoms with E-state index in [1.807, 2.05) is 18.2 Å². The van der Waals surface area contributed by atoms with Gasteiger partial charge in [-0.1, -0.05) is 160 Å². The van der Waals surface area contributed by atoms with Gasteiger partial charge in [0, 0.05) is 49.9 Å². The number of para-hydroxylation sites is 1. The minimum absolute atomic E-state index is 0.241. The fourth-order valence-corrected chi connectivity index (χ4v) is 10.1. The Morgan fingerprint density at radius 2 is 1.27 bits per heavy atom. The second-order valence-electron chi connectivity index (χ2n) is 16.8. The summed E-state index contributed by atoms with van der Waals surface area (Å²) < 4.78 is 8.67. The van der Waals surface area contributed by atoms with Crippen LogP contribution in [0.3, 0.4) is 0 Å². The first-order valence-corrected chi connectivity index (χ1v) is 20.8. The monoisotopic (exact) mass is 772 g/mol. The van der Waals surface area contributed by atoms with Gasteiger partial charge < -0.3 is 4.42 Å². The van der Waals surface area contributed by atoms with Gasteiger partial charge in [-0.15, -0.1) is 0 Å². The van der Waals surface area contributed by atoms with Crippen LogP contribution in [0.4, 0.5) is 0 Å². The van der Waals surface area contributed by atoms with E-state index in [-0.39, 0.29) is 11.3 Å². The SMILES string of the molecule is CC1CC=Cc2c1n(-c1nc(-c3ccc4oc5ccccc5c4c3)nc(-c3ccccc3-c3cccc(-c4ccccc4)c3)n1)c1c3c(ccc21)-c1ccccc1C3(C)C. The predicted octanol–water partition coefficient (Wildman–Crippen LogP) is 14.2. The molecular formula is C55H40N4O. The molecule has 0 aliphatic heterocycles. The highest BCUT2D eigenvalue weighted by Gasteiger charge is 2.40. The summed E-state index contributed by atoms with van der Waals surface area (Å²) in [6.45, 7) is 7.05. The predicted molar refractivity (Wildman–Crippen MR) is 245 cm³/mol. The van der Waals surface area contributed by atoms with Crippen LogP contribution < -0.4 is 0 Å². The smallest absolute Gasteiger partial charge is 0.238 e. The number of hydrogen-bond donors (Lipinski definition) is 0. The maximum Gasteiger partial charge on any atom is 0.238 e. The van der Waals surface area contributed by atoms with Crippen molar-refractivity contribution in [3.05, 3.63) is 186 Å². The summed E-state index contributed by atoms with van der Waals surface area (Å²) in [6, 6.07) is 55.8. The summed E-state index contributed by atoms with van der Waals surface area (Å²) in [4.78, 5) is 16.4. The molecule has 5 nitrogen and oxygen atoms in total. The van der Waals surface area contributed by atoms with Crippen LogP contribution in [0, 0.1) is 0 Å². The lowest BCUT2D eigenvalue weighted by atomic mass is 9.81. The quantitative estimate of drug-likeness (QED) is 0.175. The maximum absolute atomic E-state index is 6.27. The maximum atomic E-state index is 6.27. The summed E-state index contributed by atoms with van der Waals surface area (Å²) in [6.07, 6.45) is 5.56. The zero-order valence-corrected chi connectivity index (χ0v) is 33.6. The van der Waals surface area contributed by atoms with Crippen molar-refractivity contribution in [3.8, 4) is 62.1 Å². The third-order valence-electron chi connectivity index (χ3n) is 12.9. The average molecular weight is 773 g/mol. The Hall–Kier alpha value is -7.37. The van der Waals surface area contributed by atoms with E-state index in [9.17, 15) is 0 Å². The standard InChI is InChI=1S/C55H40N4O/c1-33-15-13-24-42-43-29-28-41-39-21-9-11-25-46(39)55(2,3)49(41)51(43)59(50(33)42)54-57-52(37-27-30-48-45(32-37)40-22-10-12-26-47(40)60-48)56-53(58-54)44-23-8-7-20-38(44)36-19-14-18-35(31-36)34-16-5-4-6-17-34/h4-14,16-33H,15H2,1-3H3. The largest absolute Gasteiger partial charge is 0.456 e. The van der Waals surface area contributed by atoms with Gasteiger partial charge in [0.05, 0.1) is 5.52 Å². The Morgan fingerprint density at radius 1 is 0.550 bits per heavy atom. The highest BCUT2D eigenvalue weighted by molar-refractivity contribution is 6.06. The van der Waals surface area contributed by atoms with Gasteiger partial charge in [0.2, 0.25) is 5.95 Å². The molecule has 0 N–H and O–H groups in total. The summed E-state index contributed by atoms with van der Waals surface area (Å²) in [5.74, 6) is 2.09. The molecule has 7 aromatic carbocycles. The van der Waals surface area contributed by atoms with Gasteiger partial charge in [-0.3, -0.25) is 4.57 Å². The molecular weight excluding hydrogens is 733 g/mol. The third-order valence-corrected chi connectivity index (χ3v) is 12.9. The average Bonchev–Trinajstić information content (AvgIpc) is 3.92. The van der Waals surface area contributed by atoms with Gasteiger partial charge in [0.15, 0.2) is 11.6 Å². The minimum Gasteiger partial charge on any atom is -0.456 e. The number of fused-ring (bicyclic) bond motifs is 10. The molecule has 1 atom stereocenters.